The second-order valence-corrected chi connectivity index (χ2v) is 8.61. The minimum Gasteiger partial charge on any atom is -0.472 e. The number of hydrogen-bond acceptors (Lipinski definition) is 8. The summed E-state index contributed by atoms with van der Waals surface area (Å²) in [6.07, 6.45) is 1.71. The van der Waals surface area contributed by atoms with E-state index in [1.807, 2.05) is 20.8 Å². The highest BCUT2D eigenvalue weighted by Crippen LogP contribution is 2.23. The summed E-state index contributed by atoms with van der Waals surface area (Å²) in [4.78, 5) is 30.3. The van der Waals surface area contributed by atoms with Gasteiger partial charge in [-0.2, -0.15) is 4.37 Å². The van der Waals surface area contributed by atoms with Crippen molar-refractivity contribution in [1.29, 1.82) is 0 Å². The number of nitrogen functional groups attached to an aromatic ring is 1. The van der Waals surface area contributed by atoms with Gasteiger partial charge in [-0.25, -0.2) is 9.78 Å². The van der Waals surface area contributed by atoms with Gasteiger partial charge in [-0.1, -0.05) is 0 Å². The quantitative estimate of drug-likeness (QED) is 0.781. The number of ether oxygens (including phenoxy) is 2. The topological polar surface area (TPSA) is 120 Å². The summed E-state index contributed by atoms with van der Waals surface area (Å²) in [5.74, 6) is 0.0972. The molecule has 1 aliphatic heterocycles. The summed E-state index contributed by atoms with van der Waals surface area (Å²) in [7, 11) is 0. The Labute approximate surface area is 173 Å². The van der Waals surface area contributed by atoms with Crippen LogP contribution in [0, 0.1) is 6.92 Å². The lowest BCUT2D eigenvalue weighted by molar-refractivity contribution is 0.0275. The number of pyridine rings is 1. The van der Waals surface area contributed by atoms with Gasteiger partial charge >= 0.3 is 6.09 Å². The molecule has 2 aromatic heterocycles. The normalized spacial score (nSPS) is 16.6. The lowest BCUT2D eigenvalue weighted by atomic mass is 10.2. The molecule has 1 saturated heterocycles. The molecule has 0 saturated carbocycles. The monoisotopic (exact) mass is 419 g/mol. The average molecular weight is 420 g/mol. The number of aryl methyl sites for hydroxylation is 1. The van der Waals surface area contributed by atoms with Gasteiger partial charge in [-0.15, -0.1) is 0 Å². The zero-order valence-electron chi connectivity index (χ0n) is 16.9. The molecule has 0 radical (unpaired) electrons. The third kappa shape index (κ3) is 5.35. The number of hydrogen-bond donors (Lipinski definition) is 2. The summed E-state index contributed by atoms with van der Waals surface area (Å²) in [5.41, 5.74) is 6.76. The van der Waals surface area contributed by atoms with Crippen molar-refractivity contribution >= 4 is 34.2 Å². The molecule has 1 aliphatic rings. The van der Waals surface area contributed by atoms with E-state index >= 15 is 0 Å². The van der Waals surface area contributed by atoms with E-state index in [2.05, 4.69) is 14.7 Å². The number of carbonyl (C=O) groups is 2. The highest BCUT2D eigenvalue weighted by atomic mass is 32.1. The van der Waals surface area contributed by atoms with Crippen molar-refractivity contribution in [1.82, 2.24) is 14.3 Å². The van der Waals surface area contributed by atoms with E-state index in [1.54, 1.807) is 24.0 Å². The number of likely N-dealkylation sites (tertiary alicyclic amines) is 1. The predicted octanol–water partition coefficient (Wildman–Crippen LogP) is 3.07. The molecule has 0 aliphatic carbocycles. The van der Waals surface area contributed by atoms with Crippen LogP contribution in [-0.4, -0.2) is 51.1 Å². The molecule has 29 heavy (non-hydrogen) atoms. The van der Waals surface area contributed by atoms with Crippen molar-refractivity contribution in [3.8, 4) is 5.88 Å². The van der Waals surface area contributed by atoms with E-state index < -0.39 is 5.60 Å². The second kappa shape index (κ2) is 8.24. The van der Waals surface area contributed by atoms with Gasteiger partial charge in [-0.3, -0.25) is 4.79 Å². The van der Waals surface area contributed by atoms with Crippen LogP contribution in [0.25, 0.3) is 0 Å². The predicted molar refractivity (Wildman–Crippen MR) is 110 cm³/mol. The van der Waals surface area contributed by atoms with Crippen LogP contribution in [0.2, 0.25) is 0 Å². The molecule has 156 valence electrons. The molecule has 1 fully saturated rings. The number of nitrogens with one attached hydrogen (secondary N) is 1. The Balaban J connectivity index is 1.53. The van der Waals surface area contributed by atoms with E-state index in [0.717, 1.165) is 11.5 Å². The third-order valence-corrected chi connectivity index (χ3v) is 4.96. The van der Waals surface area contributed by atoms with Gasteiger partial charge in [0.05, 0.1) is 29.7 Å². The number of rotatable bonds is 4. The Bertz CT molecular complexity index is 871. The zero-order chi connectivity index (χ0) is 21.2. The fourth-order valence-electron chi connectivity index (χ4n) is 2.87. The molecule has 0 bridgehead atoms. The molecule has 9 nitrogen and oxygen atoms in total. The van der Waals surface area contributed by atoms with Crippen LogP contribution in [0.4, 0.5) is 15.5 Å². The van der Waals surface area contributed by atoms with Crippen molar-refractivity contribution in [3.63, 3.8) is 0 Å². The second-order valence-electron chi connectivity index (χ2n) is 7.80. The number of anilines is 2. The Morgan fingerprint density at radius 1 is 1.34 bits per heavy atom. The number of nitrogens with zero attached hydrogens (tertiary/aromatic N) is 3. The van der Waals surface area contributed by atoms with Crippen LogP contribution in [0.5, 0.6) is 5.88 Å². The fourth-order valence-corrected chi connectivity index (χ4v) is 3.53. The third-order valence-electron chi connectivity index (χ3n) is 4.19. The van der Waals surface area contributed by atoms with Crippen molar-refractivity contribution < 1.29 is 19.1 Å². The maximum atomic E-state index is 12.3. The molecule has 3 heterocycles. The Hall–Kier alpha value is -2.88. The van der Waals surface area contributed by atoms with Crippen LogP contribution < -0.4 is 15.8 Å². The van der Waals surface area contributed by atoms with Crippen LogP contribution in [-0.2, 0) is 4.74 Å². The highest BCUT2D eigenvalue weighted by molar-refractivity contribution is 7.10. The fraction of sp³-hybridized carbons (Fsp3) is 0.474. The van der Waals surface area contributed by atoms with E-state index in [9.17, 15) is 9.59 Å². The van der Waals surface area contributed by atoms with Crippen molar-refractivity contribution in [3.05, 3.63) is 29.6 Å². The van der Waals surface area contributed by atoms with Gasteiger partial charge in [-0.05, 0) is 45.3 Å². The smallest absolute Gasteiger partial charge is 0.410 e. The lowest BCUT2D eigenvalue weighted by Crippen LogP contribution is -2.36. The number of amides is 2. The first-order valence-corrected chi connectivity index (χ1v) is 10.0. The molecule has 3 N–H and O–H groups in total. The van der Waals surface area contributed by atoms with Gasteiger partial charge in [0.25, 0.3) is 5.91 Å². The van der Waals surface area contributed by atoms with Gasteiger partial charge in [0.15, 0.2) is 0 Å². The summed E-state index contributed by atoms with van der Waals surface area (Å²) in [5, 5.41) is 3.13. The van der Waals surface area contributed by atoms with Gasteiger partial charge in [0, 0.05) is 19.0 Å². The number of aromatic nitrogens is 2. The Kier molecular flexibility index (Phi) is 5.92. The summed E-state index contributed by atoms with van der Waals surface area (Å²) in [6.45, 7) is 8.26. The van der Waals surface area contributed by atoms with Gasteiger partial charge < -0.3 is 25.4 Å². The summed E-state index contributed by atoms with van der Waals surface area (Å²) in [6, 6.07) is 3.37. The van der Waals surface area contributed by atoms with E-state index in [-0.39, 0.29) is 18.1 Å². The first-order chi connectivity index (χ1) is 13.6. The largest absolute Gasteiger partial charge is 0.472 e. The van der Waals surface area contributed by atoms with E-state index in [4.69, 9.17) is 15.2 Å². The maximum Gasteiger partial charge on any atom is 0.410 e. The molecular weight excluding hydrogens is 394 g/mol. The molecule has 1 unspecified atom stereocenters. The lowest BCUT2D eigenvalue weighted by Gasteiger charge is -2.24. The molecule has 2 amide bonds. The molecule has 0 spiro atoms. The molecule has 2 aromatic rings. The van der Waals surface area contributed by atoms with E-state index in [1.165, 1.54) is 6.20 Å². The van der Waals surface area contributed by atoms with Crippen molar-refractivity contribution in [2.24, 2.45) is 0 Å². The Morgan fingerprint density at radius 3 is 2.69 bits per heavy atom. The first-order valence-electron chi connectivity index (χ1n) is 9.26. The standard InChI is InChI=1S/C19H25N5O4S/c1-11-15(16(20)29-23-11)17(25)22-12-5-6-14(21-9-12)27-13-7-8-24(10-13)18(26)28-19(2,3)4/h5-6,9,13H,7-8,10,20H2,1-4H3,(H,22,25). The minimum atomic E-state index is -0.528. The van der Waals surface area contributed by atoms with Crippen molar-refractivity contribution in [2.45, 2.75) is 45.8 Å². The molecule has 0 aromatic carbocycles. The van der Waals surface area contributed by atoms with Crippen LogP contribution in [0.1, 0.15) is 43.2 Å². The van der Waals surface area contributed by atoms with Crippen LogP contribution in [0.15, 0.2) is 18.3 Å². The molecule has 3 rings (SSSR count). The Morgan fingerprint density at radius 2 is 2.10 bits per heavy atom. The molecule has 1 atom stereocenters. The average Bonchev–Trinajstić information content (AvgIpc) is 3.22. The first kappa shape index (κ1) is 20.8. The van der Waals surface area contributed by atoms with Gasteiger partial charge in [0.2, 0.25) is 5.88 Å². The SMILES string of the molecule is Cc1nsc(N)c1C(=O)Nc1ccc(OC2CCN(C(=O)OC(C)(C)C)C2)nc1. The van der Waals surface area contributed by atoms with Gasteiger partial charge in [0.1, 0.15) is 16.7 Å². The minimum absolute atomic E-state index is 0.158. The van der Waals surface area contributed by atoms with Crippen molar-refractivity contribution in [2.75, 3.05) is 24.1 Å². The number of nitrogens with two attached hydrogens (primary N) is 1. The molecular formula is C19H25N5O4S. The maximum absolute atomic E-state index is 12.3. The summed E-state index contributed by atoms with van der Waals surface area (Å²) < 4.78 is 15.3. The molecule has 10 heteroatoms. The zero-order valence-corrected chi connectivity index (χ0v) is 17.7. The number of carbonyl (C=O) groups excluding carboxylic acids is 2. The summed E-state index contributed by atoms with van der Waals surface area (Å²) >= 11 is 1.09. The van der Waals surface area contributed by atoms with E-state index in [0.29, 0.717) is 47.3 Å². The van der Waals surface area contributed by atoms with Crippen LogP contribution in [0.3, 0.4) is 0 Å². The van der Waals surface area contributed by atoms with Crippen LogP contribution >= 0.6 is 11.5 Å². The highest BCUT2D eigenvalue weighted by Gasteiger charge is 2.31.